The summed E-state index contributed by atoms with van der Waals surface area (Å²) in [7, 11) is 0. The summed E-state index contributed by atoms with van der Waals surface area (Å²) in [5.41, 5.74) is 10.4. The molecule has 0 aliphatic carbocycles. The first-order chi connectivity index (χ1) is 14.9. The van der Waals surface area contributed by atoms with E-state index in [1.807, 2.05) is 13.8 Å². The SMILES string of the molecule is CC.Cc1ccc(-c2ccc(-c3ccc(-c4ccccc4)cc3)c(C(C)(C)C)c2)cc1. The molecule has 31 heavy (non-hydrogen) atoms. The highest BCUT2D eigenvalue weighted by atomic mass is 14.2. The Morgan fingerprint density at radius 3 is 1.52 bits per heavy atom. The summed E-state index contributed by atoms with van der Waals surface area (Å²) in [5.74, 6) is 0. The van der Waals surface area contributed by atoms with Crippen molar-refractivity contribution in [2.45, 2.75) is 47.0 Å². The van der Waals surface area contributed by atoms with E-state index < -0.39 is 0 Å². The van der Waals surface area contributed by atoms with Crippen molar-refractivity contribution in [3.63, 3.8) is 0 Å². The van der Waals surface area contributed by atoms with Crippen LogP contribution < -0.4 is 0 Å². The molecule has 0 heteroatoms. The highest BCUT2D eigenvalue weighted by molar-refractivity contribution is 5.77. The van der Waals surface area contributed by atoms with Gasteiger partial charge in [-0.1, -0.05) is 137 Å². The first-order valence-corrected chi connectivity index (χ1v) is 11.3. The zero-order valence-corrected chi connectivity index (χ0v) is 19.7. The fourth-order valence-corrected chi connectivity index (χ4v) is 3.81. The topological polar surface area (TPSA) is 0 Å². The van der Waals surface area contributed by atoms with Gasteiger partial charge < -0.3 is 0 Å². The van der Waals surface area contributed by atoms with E-state index in [1.54, 1.807) is 0 Å². The van der Waals surface area contributed by atoms with Gasteiger partial charge in [-0.15, -0.1) is 0 Å². The van der Waals surface area contributed by atoms with Crippen molar-refractivity contribution >= 4 is 0 Å². The van der Waals surface area contributed by atoms with Gasteiger partial charge in [0.05, 0.1) is 0 Å². The lowest BCUT2D eigenvalue weighted by Gasteiger charge is -2.24. The van der Waals surface area contributed by atoms with Gasteiger partial charge in [-0.2, -0.15) is 0 Å². The van der Waals surface area contributed by atoms with E-state index >= 15 is 0 Å². The molecule has 0 nitrogen and oxygen atoms in total. The molecule has 0 aliphatic heterocycles. The molecular formula is C31H34. The molecule has 0 saturated heterocycles. The summed E-state index contributed by atoms with van der Waals surface area (Å²) in [5, 5.41) is 0. The lowest BCUT2D eigenvalue weighted by molar-refractivity contribution is 0.592. The molecule has 4 aromatic carbocycles. The number of aryl methyl sites for hydroxylation is 1. The van der Waals surface area contributed by atoms with Gasteiger partial charge in [-0.3, -0.25) is 0 Å². The van der Waals surface area contributed by atoms with Crippen molar-refractivity contribution in [3.8, 4) is 33.4 Å². The minimum Gasteiger partial charge on any atom is -0.0683 e. The third kappa shape index (κ3) is 5.33. The lowest BCUT2D eigenvalue weighted by atomic mass is 9.80. The maximum Gasteiger partial charge on any atom is -0.0125 e. The van der Waals surface area contributed by atoms with Gasteiger partial charge in [0.2, 0.25) is 0 Å². The number of hydrogen-bond acceptors (Lipinski definition) is 0. The molecule has 0 atom stereocenters. The van der Waals surface area contributed by atoms with E-state index in [0.29, 0.717) is 0 Å². The van der Waals surface area contributed by atoms with Crippen LogP contribution in [0.15, 0.2) is 97.1 Å². The molecular weight excluding hydrogens is 372 g/mol. The second-order valence-corrected chi connectivity index (χ2v) is 8.82. The average molecular weight is 407 g/mol. The minimum absolute atomic E-state index is 0.0636. The second kappa shape index (κ2) is 9.79. The summed E-state index contributed by atoms with van der Waals surface area (Å²) >= 11 is 0. The van der Waals surface area contributed by atoms with Crippen LogP contribution in [0.25, 0.3) is 33.4 Å². The van der Waals surface area contributed by atoms with Gasteiger partial charge >= 0.3 is 0 Å². The predicted octanol–water partition coefficient (Wildman–Crippen LogP) is 9.32. The van der Waals surface area contributed by atoms with E-state index in [4.69, 9.17) is 0 Å². The molecule has 0 amide bonds. The van der Waals surface area contributed by atoms with Crippen LogP contribution in [0.2, 0.25) is 0 Å². The maximum atomic E-state index is 2.37. The van der Waals surface area contributed by atoms with E-state index in [2.05, 4.69) is 125 Å². The smallest absolute Gasteiger partial charge is 0.0125 e. The Morgan fingerprint density at radius 2 is 0.935 bits per heavy atom. The van der Waals surface area contributed by atoms with Crippen LogP contribution in [0.5, 0.6) is 0 Å². The van der Waals surface area contributed by atoms with E-state index in [9.17, 15) is 0 Å². The number of hydrogen-bond donors (Lipinski definition) is 0. The van der Waals surface area contributed by atoms with Crippen LogP contribution in [-0.2, 0) is 5.41 Å². The minimum atomic E-state index is 0.0636. The first kappa shape index (κ1) is 22.6. The Kier molecular flexibility index (Phi) is 7.13. The molecule has 0 aromatic heterocycles. The molecule has 4 aromatic rings. The molecule has 0 fully saturated rings. The summed E-state index contributed by atoms with van der Waals surface area (Å²) < 4.78 is 0. The van der Waals surface area contributed by atoms with Crippen LogP contribution in [-0.4, -0.2) is 0 Å². The molecule has 0 N–H and O–H groups in total. The fraction of sp³-hybridized carbons (Fsp3) is 0.226. The Labute approximate surface area is 188 Å². The highest BCUT2D eigenvalue weighted by Gasteiger charge is 2.20. The molecule has 0 heterocycles. The normalized spacial score (nSPS) is 10.9. The zero-order valence-electron chi connectivity index (χ0n) is 19.7. The monoisotopic (exact) mass is 406 g/mol. The van der Waals surface area contributed by atoms with Gasteiger partial charge in [0.25, 0.3) is 0 Å². The third-order valence-corrected chi connectivity index (χ3v) is 5.52. The van der Waals surface area contributed by atoms with Crippen LogP contribution in [0.3, 0.4) is 0 Å². The van der Waals surface area contributed by atoms with Crippen molar-refractivity contribution in [2.24, 2.45) is 0 Å². The maximum absolute atomic E-state index is 2.37. The van der Waals surface area contributed by atoms with Crippen LogP contribution in [0, 0.1) is 6.92 Å². The van der Waals surface area contributed by atoms with E-state index in [1.165, 1.54) is 44.5 Å². The Balaban J connectivity index is 0.00000132. The molecule has 158 valence electrons. The Hall–Kier alpha value is -3.12. The lowest BCUT2D eigenvalue weighted by Crippen LogP contribution is -2.13. The summed E-state index contributed by atoms with van der Waals surface area (Å²) in [4.78, 5) is 0. The van der Waals surface area contributed by atoms with Crippen molar-refractivity contribution in [1.29, 1.82) is 0 Å². The first-order valence-electron chi connectivity index (χ1n) is 11.3. The molecule has 0 saturated carbocycles. The van der Waals surface area contributed by atoms with Crippen molar-refractivity contribution in [3.05, 3.63) is 108 Å². The Bertz CT molecular complexity index is 1090. The standard InChI is InChI=1S/C29H28.C2H6/c1-21-10-12-24(13-11-21)26-18-19-27(28(20-26)29(2,3)4)25-16-14-23(15-17-25)22-8-6-5-7-9-22;1-2/h5-20H,1-4H3;1-2H3. The predicted molar refractivity (Wildman–Crippen MR) is 138 cm³/mol. The number of rotatable bonds is 3. The highest BCUT2D eigenvalue weighted by Crippen LogP contribution is 2.37. The van der Waals surface area contributed by atoms with Gasteiger partial charge in [0.15, 0.2) is 0 Å². The van der Waals surface area contributed by atoms with Gasteiger partial charge in [0, 0.05) is 0 Å². The summed E-state index contributed by atoms with van der Waals surface area (Å²) in [6.07, 6.45) is 0. The fourth-order valence-electron chi connectivity index (χ4n) is 3.81. The van der Waals surface area contributed by atoms with Crippen molar-refractivity contribution in [1.82, 2.24) is 0 Å². The molecule has 4 rings (SSSR count). The largest absolute Gasteiger partial charge is 0.0683 e. The summed E-state index contributed by atoms with van der Waals surface area (Å²) in [6, 6.07) is 35.2. The van der Waals surface area contributed by atoms with Gasteiger partial charge in [-0.25, -0.2) is 0 Å². The molecule has 0 aliphatic rings. The Morgan fingerprint density at radius 1 is 0.484 bits per heavy atom. The van der Waals surface area contributed by atoms with Crippen molar-refractivity contribution in [2.75, 3.05) is 0 Å². The van der Waals surface area contributed by atoms with Gasteiger partial charge in [0.1, 0.15) is 0 Å². The van der Waals surface area contributed by atoms with Crippen LogP contribution in [0.1, 0.15) is 45.7 Å². The zero-order chi connectivity index (χ0) is 22.4. The molecule has 0 unspecified atom stereocenters. The van der Waals surface area contributed by atoms with Gasteiger partial charge in [-0.05, 0) is 51.3 Å². The average Bonchev–Trinajstić information content (AvgIpc) is 2.81. The van der Waals surface area contributed by atoms with E-state index in [-0.39, 0.29) is 5.41 Å². The second-order valence-electron chi connectivity index (χ2n) is 8.82. The molecule has 0 radical (unpaired) electrons. The van der Waals surface area contributed by atoms with Crippen molar-refractivity contribution < 1.29 is 0 Å². The molecule has 0 spiro atoms. The number of benzene rings is 4. The van der Waals surface area contributed by atoms with Crippen LogP contribution >= 0.6 is 0 Å². The van der Waals surface area contributed by atoms with E-state index in [0.717, 1.165) is 0 Å². The third-order valence-electron chi connectivity index (χ3n) is 5.52. The summed E-state index contributed by atoms with van der Waals surface area (Å²) in [6.45, 7) is 13.0. The van der Waals surface area contributed by atoms with Crippen LogP contribution in [0.4, 0.5) is 0 Å². The quantitative estimate of drug-likeness (QED) is 0.318. The molecule has 0 bridgehead atoms.